The lowest BCUT2D eigenvalue weighted by Crippen LogP contribution is -2.21. The Bertz CT molecular complexity index is 607. The lowest BCUT2D eigenvalue weighted by molar-refractivity contribution is -0.384. The number of rotatable bonds is 16. The van der Waals surface area contributed by atoms with Gasteiger partial charge in [0.25, 0.3) is 5.69 Å². The highest BCUT2D eigenvalue weighted by molar-refractivity contribution is 5.82. The van der Waals surface area contributed by atoms with Crippen molar-refractivity contribution in [3.05, 3.63) is 33.9 Å². The predicted molar refractivity (Wildman–Crippen MR) is 114 cm³/mol. The maximum atomic E-state index is 11.9. The van der Waals surface area contributed by atoms with E-state index < -0.39 is 16.7 Å². The number of nitrogens with zero attached hydrogens (tertiary/aromatic N) is 1. The van der Waals surface area contributed by atoms with Crippen LogP contribution in [-0.4, -0.2) is 10.8 Å². The fourth-order valence-corrected chi connectivity index (χ4v) is 3.52. The highest BCUT2D eigenvalue weighted by Gasteiger charge is 2.22. The summed E-state index contributed by atoms with van der Waals surface area (Å²) in [4.78, 5) is 22.5. The zero-order valence-electron chi connectivity index (χ0n) is 17.1. The lowest BCUT2D eigenvalue weighted by atomic mass is 9.91. The Morgan fingerprint density at radius 1 is 1.04 bits per heavy atom. The number of hydrazine groups is 1. The van der Waals surface area contributed by atoms with Gasteiger partial charge < -0.3 is 11.2 Å². The Balaban J connectivity index is 2.37. The summed E-state index contributed by atoms with van der Waals surface area (Å²) in [5.74, 6) is 4.35. The number of primary amides is 1. The highest BCUT2D eigenvalue weighted by atomic mass is 16.6. The predicted octanol–water partition coefficient (Wildman–Crippen LogP) is 5.15. The third kappa shape index (κ3) is 8.69. The van der Waals surface area contributed by atoms with E-state index in [0.717, 1.165) is 19.3 Å². The van der Waals surface area contributed by atoms with Crippen LogP contribution in [0.15, 0.2) is 18.2 Å². The Labute approximate surface area is 168 Å². The van der Waals surface area contributed by atoms with E-state index in [9.17, 15) is 14.9 Å². The molecule has 1 atom stereocenters. The summed E-state index contributed by atoms with van der Waals surface area (Å²) >= 11 is 0. The normalized spacial score (nSPS) is 11.9. The van der Waals surface area contributed by atoms with Crippen molar-refractivity contribution in [1.29, 1.82) is 0 Å². The molecule has 7 heteroatoms. The molecular weight excluding hydrogens is 356 g/mol. The van der Waals surface area contributed by atoms with Crippen LogP contribution in [-0.2, 0) is 4.79 Å². The number of unbranched alkanes of at least 4 members (excludes halogenated alkanes) is 10. The summed E-state index contributed by atoms with van der Waals surface area (Å²) in [5.41, 5.74) is 8.49. The van der Waals surface area contributed by atoms with Crippen molar-refractivity contribution in [2.24, 2.45) is 11.6 Å². The summed E-state index contributed by atoms with van der Waals surface area (Å²) < 4.78 is 0. The van der Waals surface area contributed by atoms with Gasteiger partial charge in [-0.25, -0.2) is 0 Å². The van der Waals surface area contributed by atoms with Crippen LogP contribution in [0.25, 0.3) is 0 Å². The molecule has 0 radical (unpaired) electrons. The van der Waals surface area contributed by atoms with E-state index >= 15 is 0 Å². The molecular formula is C21H36N4O3. The molecule has 0 aromatic heterocycles. The van der Waals surface area contributed by atoms with Crippen molar-refractivity contribution in [2.45, 2.75) is 89.9 Å². The topological polar surface area (TPSA) is 124 Å². The molecule has 1 amide bonds. The van der Waals surface area contributed by atoms with Crippen molar-refractivity contribution < 1.29 is 9.72 Å². The van der Waals surface area contributed by atoms with Crippen LogP contribution in [0, 0.1) is 10.1 Å². The van der Waals surface area contributed by atoms with Crippen molar-refractivity contribution >= 4 is 17.3 Å². The van der Waals surface area contributed by atoms with Gasteiger partial charge in [0.15, 0.2) is 0 Å². The van der Waals surface area contributed by atoms with Gasteiger partial charge in [-0.1, -0.05) is 83.6 Å². The number of anilines is 1. The molecule has 1 rings (SSSR count). The standard InChI is InChI=1S/C21H36N4O3/c1-2-3-4-5-6-7-8-9-10-11-12-13-18(21(22)26)17-14-15-19(24-23)20(16-17)25(27)28/h14-16,18,24H,2-13,23H2,1H3,(H2,22,26). The van der Waals surface area contributed by atoms with Gasteiger partial charge in [-0.05, 0) is 18.1 Å². The number of nitro groups is 1. The molecule has 0 spiro atoms. The van der Waals surface area contributed by atoms with Gasteiger partial charge in [0.2, 0.25) is 5.91 Å². The van der Waals surface area contributed by atoms with Crippen LogP contribution < -0.4 is 17.0 Å². The molecule has 158 valence electrons. The number of amides is 1. The molecule has 1 aromatic carbocycles. The maximum absolute atomic E-state index is 11.9. The number of nitro benzene ring substituents is 1. The number of nitrogens with one attached hydrogen (secondary N) is 1. The zero-order chi connectivity index (χ0) is 20.8. The highest BCUT2D eigenvalue weighted by Crippen LogP contribution is 2.30. The Hall–Kier alpha value is -2.15. The molecule has 7 nitrogen and oxygen atoms in total. The van der Waals surface area contributed by atoms with Gasteiger partial charge in [-0.2, -0.15) is 0 Å². The number of hydrogen-bond acceptors (Lipinski definition) is 5. The molecule has 0 saturated carbocycles. The van der Waals surface area contributed by atoms with Crippen molar-refractivity contribution in [3.8, 4) is 0 Å². The third-order valence-electron chi connectivity index (χ3n) is 5.22. The van der Waals surface area contributed by atoms with Gasteiger partial charge in [-0.3, -0.25) is 20.8 Å². The summed E-state index contributed by atoms with van der Waals surface area (Å²) in [6.07, 6.45) is 14.1. The largest absolute Gasteiger partial charge is 0.369 e. The van der Waals surface area contributed by atoms with Crippen LogP contribution in [0.2, 0.25) is 0 Å². The van der Waals surface area contributed by atoms with Gasteiger partial charge in [0, 0.05) is 6.07 Å². The second kappa shape index (κ2) is 13.9. The summed E-state index contributed by atoms with van der Waals surface area (Å²) in [6, 6.07) is 4.59. The number of nitrogen functional groups attached to an aromatic ring is 1. The number of carbonyl (C=O) groups excluding carboxylic acids is 1. The van der Waals surface area contributed by atoms with Crippen LogP contribution >= 0.6 is 0 Å². The van der Waals surface area contributed by atoms with Crippen LogP contribution in [0.5, 0.6) is 0 Å². The molecule has 0 saturated heterocycles. The van der Waals surface area contributed by atoms with Gasteiger partial charge in [0.1, 0.15) is 5.69 Å². The minimum atomic E-state index is -0.515. The average molecular weight is 393 g/mol. The number of hydrogen-bond donors (Lipinski definition) is 3. The summed E-state index contributed by atoms with van der Waals surface area (Å²) in [5, 5.41) is 11.2. The third-order valence-corrected chi connectivity index (χ3v) is 5.22. The summed E-state index contributed by atoms with van der Waals surface area (Å²) in [7, 11) is 0. The fraction of sp³-hybridized carbons (Fsp3) is 0.667. The van der Waals surface area contributed by atoms with E-state index in [0.29, 0.717) is 12.0 Å². The van der Waals surface area contributed by atoms with Gasteiger partial charge in [0.05, 0.1) is 10.8 Å². The Morgan fingerprint density at radius 2 is 1.57 bits per heavy atom. The molecule has 5 N–H and O–H groups in total. The number of carbonyl (C=O) groups is 1. The molecule has 28 heavy (non-hydrogen) atoms. The lowest BCUT2D eigenvalue weighted by Gasteiger charge is -2.14. The molecule has 0 aliphatic heterocycles. The molecule has 1 unspecified atom stereocenters. The first-order valence-electron chi connectivity index (χ1n) is 10.6. The Kier molecular flexibility index (Phi) is 11.9. The average Bonchev–Trinajstić information content (AvgIpc) is 2.68. The Morgan fingerprint density at radius 3 is 2.04 bits per heavy atom. The maximum Gasteiger partial charge on any atom is 0.293 e. The van der Waals surface area contributed by atoms with Crippen molar-refractivity contribution in [2.75, 3.05) is 5.43 Å². The van der Waals surface area contributed by atoms with Crippen LogP contribution in [0.1, 0.15) is 95.5 Å². The molecule has 1 aromatic rings. The van der Waals surface area contributed by atoms with E-state index in [4.69, 9.17) is 11.6 Å². The second-order valence-corrected chi connectivity index (χ2v) is 7.46. The SMILES string of the molecule is CCCCCCCCCCCCCC(C(N)=O)c1ccc(NN)c([N+](=O)[O-])c1. The van der Waals surface area contributed by atoms with Gasteiger partial charge in [-0.15, -0.1) is 0 Å². The van der Waals surface area contributed by atoms with E-state index in [-0.39, 0.29) is 11.4 Å². The number of nitrogens with two attached hydrogens (primary N) is 2. The zero-order valence-corrected chi connectivity index (χ0v) is 17.1. The first kappa shape index (κ1) is 23.9. The van der Waals surface area contributed by atoms with Crippen LogP contribution in [0.3, 0.4) is 0 Å². The molecule has 0 aliphatic rings. The molecule has 0 bridgehead atoms. The van der Waals surface area contributed by atoms with E-state index in [1.54, 1.807) is 6.07 Å². The minimum Gasteiger partial charge on any atom is -0.369 e. The van der Waals surface area contributed by atoms with E-state index in [2.05, 4.69) is 12.3 Å². The molecule has 0 aliphatic carbocycles. The van der Waals surface area contributed by atoms with Crippen LogP contribution in [0.4, 0.5) is 11.4 Å². The smallest absolute Gasteiger partial charge is 0.293 e. The second-order valence-electron chi connectivity index (χ2n) is 7.46. The van der Waals surface area contributed by atoms with E-state index in [1.165, 1.54) is 63.5 Å². The number of benzene rings is 1. The first-order chi connectivity index (χ1) is 13.5. The summed E-state index contributed by atoms with van der Waals surface area (Å²) in [6.45, 7) is 2.23. The first-order valence-corrected chi connectivity index (χ1v) is 10.6. The molecule has 0 fully saturated rings. The van der Waals surface area contributed by atoms with E-state index in [1.807, 2.05) is 0 Å². The molecule has 0 heterocycles. The monoisotopic (exact) mass is 392 g/mol. The van der Waals surface area contributed by atoms with Crippen molar-refractivity contribution in [3.63, 3.8) is 0 Å². The quantitative estimate of drug-likeness (QED) is 0.155. The fourth-order valence-electron chi connectivity index (χ4n) is 3.52. The minimum absolute atomic E-state index is 0.148. The van der Waals surface area contributed by atoms with Crippen molar-refractivity contribution in [1.82, 2.24) is 0 Å². The van der Waals surface area contributed by atoms with Gasteiger partial charge >= 0.3 is 0 Å².